The molecule has 1 fully saturated rings. The molecule has 0 unspecified atom stereocenters. The van der Waals surface area contributed by atoms with Gasteiger partial charge in [-0.15, -0.1) is 0 Å². The molecule has 2 nitrogen and oxygen atoms in total. The fourth-order valence-corrected chi connectivity index (χ4v) is 3.84. The van der Waals surface area contributed by atoms with E-state index in [0.29, 0.717) is 0 Å². The van der Waals surface area contributed by atoms with Gasteiger partial charge in [-0.2, -0.15) is 0 Å². The normalized spacial score (nSPS) is 15.7. The van der Waals surface area contributed by atoms with Crippen LogP contribution in [0.25, 0.3) is 22.0 Å². The molecular formula is C22H24N2. The van der Waals surface area contributed by atoms with Crippen LogP contribution < -0.4 is 5.32 Å². The topological polar surface area (TPSA) is 24.9 Å². The molecule has 2 heteroatoms. The average molecular weight is 316 g/mol. The minimum atomic E-state index is 0.837. The van der Waals surface area contributed by atoms with E-state index in [1.807, 2.05) is 12.3 Å². The van der Waals surface area contributed by atoms with E-state index in [0.717, 1.165) is 11.4 Å². The van der Waals surface area contributed by atoms with E-state index in [2.05, 4.69) is 59.7 Å². The van der Waals surface area contributed by atoms with E-state index in [4.69, 9.17) is 0 Å². The summed E-state index contributed by atoms with van der Waals surface area (Å²) in [7, 11) is 0. The minimum absolute atomic E-state index is 0.837. The highest BCUT2D eigenvalue weighted by Gasteiger charge is 2.13. The van der Waals surface area contributed by atoms with Gasteiger partial charge in [-0.25, -0.2) is 0 Å². The highest BCUT2D eigenvalue weighted by Crippen LogP contribution is 2.29. The first-order chi connectivity index (χ1) is 11.8. The quantitative estimate of drug-likeness (QED) is 0.754. The van der Waals surface area contributed by atoms with E-state index in [-0.39, 0.29) is 0 Å². The van der Waals surface area contributed by atoms with Crippen molar-refractivity contribution in [2.45, 2.75) is 26.2 Å². The molecule has 1 N–H and O–H groups in total. The molecule has 0 amide bonds. The molecule has 0 saturated carbocycles. The van der Waals surface area contributed by atoms with Crippen LogP contribution in [0.4, 0.5) is 0 Å². The lowest BCUT2D eigenvalue weighted by molar-refractivity contribution is 0.372. The van der Waals surface area contributed by atoms with E-state index in [1.165, 1.54) is 60.0 Å². The van der Waals surface area contributed by atoms with Gasteiger partial charge in [0.05, 0.1) is 5.52 Å². The van der Waals surface area contributed by atoms with Crippen LogP contribution in [0.1, 0.15) is 24.0 Å². The lowest BCUT2D eigenvalue weighted by atomic mass is 9.90. The summed E-state index contributed by atoms with van der Waals surface area (Å²) in [6.45, 7) is 4.52. The second kappa shape index (κ2) is 6.74. The number of pyridine rings is 1. The van der Waals surface area contributed by atoms with Crippen LogP contribution in [-0.4, -0.2) is 18.1 Å². The highest BCUT2D eigenvalue weighted by molar-refractivity contribution is 5.88. The van der Waals surface area contributed by atoms with Gasteiger partial charge in [0.25, 0.3) is 0 Å². The molecule has 0 aliphatic carbocycles. The third-order valence-electron chi connectivity index (χ3n) is 5.28. The number of nitrogens with zero attached hydrogens (tertiary/aromatic N) is 1. The van der Waals surface area contributed by atoms with Gasteiger partial charge in [0.1, 0.15) is 0 Å². The lowest BCUT2D eigenvalue weighted by Crippen LogP contribution is -2.28. The number of benzene rings is 2. The zero-order valence-corrected chi connectivity index (χ0v) is 14.3. The maximum Gasteiger partial charge on any atom is 0.0737 e. The molecule has 0 atom stereocenters. The smallest absolute Gasteiger partial charge is 0.0737 e. The zero-order chi connectivity index (χ0) is 16.4. The second-order valence-electron chi connectivity index (χ2n) is 6.91. The molecule has 1 aromatic heterocycles. The standard InChI is InChI=1S/C22H24N2/c1-16-21(9-8-20-3-2-12-24-22(16)20)19-6-4-17(5-7-19)15-18-10-13-23-14-11-18/h2-9,12,18,23H,10-11,13-15H2,1H3. The summed E-state index contributed by atoms with van der Waals surface area (Å²) < 4.78 is 0. The zero-order valence-electron chi connectivity index (χ0n) is 14.3. The van der Waals surface area contributed by atoms with Gasteiger partial charge in [0.2, 0.25) is 0 Å². The number of fused-ring (bicyclic) bond motifs is 1. The number of hydrogen-bond donors (Lipinski definition) is 1. The summed E-state index contributed by atoms with van der Waals surface area (Å²) >= 11 is 0. The van der Waals surface area contributed by atoms with Crippen molar-refractivity contribution < 1.29 is 0 Å². The maximum absolute atomic E-state index is 4.56. The first-order valence-electron chi connectivity index (χ1n) is 8.95. The van der Waals surface area contributed by atoms with E-state index >= 15 is 0 Å². The molecule has 3 aromatic rings. The van der Waals surface area contributed by atoms with E-state index in [1.54, 1.807) is 0 Å². The van der Waals surface area contributed by atoms with Gasteiger partial charge in [0, 0.05) is 11.6 Å². The van der Waals surface area contributed by atoms with E-state index in [9.17, 15) is 0 Å². The third kappa shape index (κ3) is 3.07. The summed E-state index contributed by atoms with van der Waals surface area (Å²) in [6.07, 6.45) is 5.69. The Morgan fingerprint density at radius 2 is 1.79 bits per heavy atom. The van der Waals surface area contributed by atoms with Crippen LogP contribution >= 0.6 is 0 Å². The Kier molecular flexibility index (Phi) is 4.31. The van der Waals surface area contributed by atoms with Crippen molar-refractivity contribution in [3.05, 3.63) is 65.9 Å². The van der Waals surface area contributed by atoms with Gasteiger partial charge in [-0.3, -0.25) is 4.98 Å². The summed E-state index contributed by atoms with van der Waals surface area (Å²) in [4.78, 5) is 4.56. The number of nitrogens with one attached hydrogen (secondary N) is 1. The van der Waals surface area contributed by atoms with Crippen LogP contribution in [0.3, 0.4) is 0 Å². The Labute approximate surface area is 143 Å². The number of hydrogen-bond acceptors (Lipinski definition) is 2. The summed E-state index contributed by atoms with van der Waals surface area (Å²) in [5, 5.41) is 4.66. The summed E-state index contributed by atoms with van der Waals surface area (Å²) in [6, 6.07) is 17.7. The van der Waals surface area contributed by atoms with Crippen molar-refractivity contribution >= 4 is 10.9 Å². The van der Waals surface area contributed by atoms with Gasteiger partial charge in [-0.05, 0) is 73.5 Å². The third-order valence-corrected chi connectivity index (χ3v) is 5.28. The molecule has 2 heterocycles. The second-order valence-corrected chi connectivity index (χ2v) is 6.91. The van der Waals surface area contributed by atoms with Crippen LogP contribution in [0.5, 0.6) is 0 Å². The van der Waals surface area contributed by atoms with Crippen molar-refractivity contribution in [2.24, 2.45) is 5.92 Å². The van der Waals surface area contributed by atoms with Crippen molar-refractivity contribution in [1.82, 2.24) is 10.3 Å². The maximum atomic E-state index is 4.56. The molecular weight excluding hydrogens is 292 g/mol. The van der Waals surface area contributed by atoms with Crippen molar-refractivity contribution in [3.8, 4) is 11.1 Å². The number of piperidine rings is 1. The Hall–Kier alpha value is -2.19. The van der Waals surface area contributed by atoms with Crippen molar-refractivity contribution in [2.75, 3.05) is 13.1 Å². The first kappa shape index (κ1) is 15.3. The van der Waals surface area contributed by atoms with E-state index < -0.39 is 0 Å². The van der Waals surface area contributed by atoms with Gasteiger partial charge in [-0.1, -0.05) is 42.5 Å². The van der Waals surface area contributed by atoms with Gasteiger partial charge in [0.15, 0.2) is 0 Å². The summed E-state index contributed by atoms with van der Waals surface area (Å²) in [5.41, 5.74) is 6.40. The lowest BCUT2D eigenvalue weighted by Gasteiger charge is -2.22. The fourth-order valence-electron chi connectivity index (χ4n) is 3.84. The van der Waals surface area contributed by atoms with Gasteiger partial charge < -0.3 is 5.32 Å². The van der Waals surface area contributed by atoms with Crippen molar-refractivity contribution in [3.63, 3.8) is 0 Å². The molecule has 24 heavy (non-hydrogen) atoms. The number of rotatable bonds is 3. The van der Waals surface area contributed by atoms with Crippen LogP contribution in [-0.2, 0) is 6.42 Å². The monoisotopic (exact) mass is 316 g/mol. The first-order valence-corrected chi connectivity index (χ1v) is 8.95. The molecule has 1 saturated heterocycles. The summed E-state index contributed by atoms with van der Waals surface area (Å²) in [5.74, 6) is 0.837. The number of aryl methyl sites for hydroxylation is 1. The molecule has 0 bridgehead atoms. The van der Waals surface area contributed by atoms with Crippen LogP contribution in [0.2, 0.25) is 0 Å². The molecule has 2 aromatic carbocycles. The minimum Gasteiger partial charge on any atom is -0.317 e. The Morgan fingerprint density at radius 3 is 2.58 bits per heavy atom. The SMILES string of the molecule is Cc1c(-c2ccc(CC3CCNCC3)cc2)ccc2cccnc12. The predicted molar refractivity (Wildman–Crippen MR) is 101 cm³/mol. The molecule has 0 spiro atoms. The van der Waals surface area contributed by atoms with Crippen LogP contribution in [0.15, 0.2) is 54.7 Å². The molecule has 4 rings (SSSR count). The van der Waals surface area contributed by atoms with Crippen molar-refractivity contribution in [1.29, 1.82) is 0 Å². The largest absolute Gasteiger partial charge is 0.317 e. The number of aromatic nitrogens is 1. The Balaban J connectivity index is 1.59. The fraction of sp³-hybridized carbons (Fsp3) is 0.318. The predicted octanol–water partition coefficient (Wildman–Crippen LogP) is 4.75. The van der Waals surface area contributed by atoms with Gasteiger partial charge >= 0.3 is 0 Å². The molecule has 1 aliphatic heterocycles. The highest BCUT2D eigenvalue weighted by atomic mass is 14.9. The molecule has 122 valence electrons. The Morgan fingerprint density at radius 1 is 1.00 bits per heavy atom. The van der Waals surface area contributed by atoms with Crippen LogP contribution in [0, 0.1) is 12.8 Å². The molecule has 1 aliphatic rings. The molecule has 0 radical (unpaired) electrons. The average Bonchev–Trinajstić information content (AvgIpc) is 2.64. The Bertz CT molecular complexity index is 830.